The van der Waals surface area contributed by atoms with Crippen LogP contribution in [-0.2, 0) is 4.79 Å². The number of aromatic nitrogens is 1. The number of pyridine rings is 1. The van der Waals surface area contributed by atoms with Crippen molar-refractivity contribution in [2.45, 2.75) is 18.9 Å². The number of carbonyl (C=O) groups is 1. The number of nitrogens with one attached hydrogen (secondary N) is 1. The summed E-state index contributed by atoms with van der Waals surface area (Å²) in [4.78, 5) is 15.2. The van der Waals surface area contributed by atoms with Gasteiger partial charge in [-0.3, -0.25) is 4.79 Å². The highest BCUT2D eigenvalue weighted by Gasteiger charge is 2.28. The fourth-order valence-corrected chi connectivity index (χ4v) is 1.90. The van der Waals surface area contributed by atoms with Crippen LogP contribution in [0.15, 0.2) is 18.3 Å². The Morgan fingerprint density at radius 1 is 1.56 bits per heavy atom. The van der Waals surface area contributed by atoms with Crippen molar-refractivity contribution in [2.24, 2.45) is 11.7 Å². The van der Waals surface area contributed by atoms with E-state index in [1.807, 2.05) is 0 Å². The Morgan fingerprint density at radius 2 is 2.33 bits per heavy atom. The van der Waals surface area contributed by atoms with Crippen molar-refractivity contribution in [1.29, 1.82) is 0 Å². The maximum atomic E-state index is 12.6. The van der Waals surface area contributed by atoms with Gasteiger partial charge in [0.25, 0.3) is 5.91 Å². The van der Waals surface area contributed by atoms with E-state index in [2.05, 4.69) is 10.3 Å². The molecule has 0 aromatic carbocycles. The zero-order valence-electron chi connectivity index (χ0n) is 9.93. The summed E-state index contributed by atoms with van der Waals surface area (Å²) >= 11 is 0. The highest BCUT2D eigenvalue weighted by atomic mass is 19.1. The molecule has 6 heteroatoms. The molecular weight excluding hydrogens is 237 g/mol. The molecule has 1 fully saturated rings. The molecular formula is C12H16FN3O2. The predicted octanol–water partition coefficient (Wildman–Crippen LogP) is 0.453. The molecule has 98 valence electrons. The number of carbonyl (C=O) groups excluding carboxylic acids is 1. The molecule has 0 bridgehead atoms. The number of nitrogens with zero attached hydrogens (tertiary/aromatic N) is 1. The molecule has 5 nitrogen and oxygen atoms in total. The molecule has 0 atom stereocenters. The Kier molecular flexibility index (Phi) is 4.09. The molecule has 2 rings (SSSR count). The van der Waals surface area contributed by atoms with Gasteiger partial charge in [0.1, 0.15) is 5.82 Å². The van der Waals surface area contributed by atoms with E-state index < -0.39 is 5.82 Å². The zero-order valence-corrected chi connectivity index (χ0v) is 9.93. The first kappa shape index (κ1) is 12.8. The number of amides is 1. The standard InChI is InChI=1S/C12H16FN3O2/c13-9-1-2-12(15-6-9)18-7-11(17)16-10-3-8(4-10)5-14/h1-2,6,8,10H,3-5,7,14H2,(H,16,17). The van der Waals surface area contributed by atoms with Crippen LogP contribution in [0, 0.1) is 11.7 Å². The number of nitrogens with two attached hydrogens (primary N) is 1. The molecule has 0 unspecified atom stereocenters. The van der Waals surface area contributed by atoms with Crippen molar-refractivity contribution in [3.05, 3.63) is 24.1 Å². The maximum Gasteiger partial charge on any atom is 0.258 e. The second kappa shape index (κ2) is 5.77. The first-order valence-electron chi connectivity index (χ1n) is 5.91. The smallest absolute Gasteiger partial charge is 0.258 e. The lowest BCUT2D eigenvalue weighted by Crippen LogP contribution is -2.47. The van der Waals surface area contributed by atoms with E-state index in [4.69, 9.17) is 10.5 Å². The van der Waals surface area contributed by atoms with Gasteiger partial charge in [-0.2, -0.15) is 0 Å². The quantitative estimate of drug-likeness (QED) is 0.799. The van der Waals surface area contributed by atoms with Crippen LogP contribution in [0.3, 0.4) is 0 Å². The molecule has 1 aliphatic carbocycles. The first-order valence-corrected chi connectivity index (χ1v) is 5.91. The number of ether oxygens (including phenoxy) is 1. The average molecular weight is 253 g/mol. The molecule has 0 saturated heterocycles. The summed E-state index contributed by atoms with van der Waals surface area (Å²) in [6, 6.07) is 2.82. The van der Waals surface area contributed by atoms with Crippen molar-refractivity contribution >= 4 is 5.91 Å². The maximum absolute atomic E-state index is 12.6. The van der Waals surface area contributed by atoms with Gasteiger partial charge in [-0.05, 0) is 31.4 Å². The highest BCUT2D eigenvalue weighted by Crippen LogP contribution is 2.25. The lowest BCUT2D eigenvalue weighted by atomic mass is 9.80. The largest absolute Gasteiger partial charge is 0.468 e. The Labute approximate surface area is 105 Å². The van der Waals surface area contributed by atoms with Crippen molar-refractivity contribution in [3.8, 4) is 5.88 Å². The third-order valence-corrected chi connectivity index (χ3v) is 2.99. The Balaban J connectivity index is 1.67. The first-order chi connectivity index (χ1) is 8.67. The van der Waals surface area contributed by atoms with Gasteiger partial charge in [0.2, 0.25) is 5.88 Å². The van der Waals surface area contributed by atoms with Gasteiger partial charge in [0, 0.05) is 12.1 Å². The molecule has 0 spiro atoms. The summed E-state index contributed by atoms with van der Waals surface area (Å²) < 4.78 is 17.7. The zero-order chi connectivity index (χ0) is 13.0. The fourth-order valence-electron chi connectivity index (χ4n) is 1.90. The van der Waals surface area contributed by atoms with E-state index in [9.17, 15) is 9.18 Å². The topological polar surface area (TPSA) is 77.2 Å². The van der Waals surface area contributed by atoms with Crippen LogP contribution >= 0.6 is 0 Å². The Bertz CT molecular complexity index is 404. The SMILES string of the molecule is NCC1CC(NC(=O)COc2ccc(F)cn2)C1. The second-order valence-electron chi connectivity index (χ2n) is 4.44. The van der Waals surface area contributed by atoms with Crippen LogP contribution in [-0.4, -0.2) is 30.1 Å². The van der Waals surface area contributed by atoms with E-state index >= 15 is 0 Å². The van der Waals surface area contributed by atoms with E-state index in [1.165, 1.54) is 12.1 Å². The average Bonchev–Trinajstić information content (AvgIpc) is 2.32. The molecule has 0 aliphatic heterocycles. The summed E-state index contributed by atoms with van der Waals surface area (Å²) in [6.45, 7) is 0.560. The molecule has 0 radical (unpaired) electrons. The van der Waals surface area contributed by atoms with Crippen LogP contribution < -0.4 is 15.8 Å². The van der Waals surface area contributed by atoms with Gasteiger partial charge in [-0.1, -0.05) is 0 Å². The third-order valence-electron chi connectivity index (χ3n) is 2.99. The number of hydrogen-bond acceptors (Lipinski definition) is 4. The molecule has 1 aliphatic rings. The summed E-state index contributed by atoms with van der Waals surface area (Å²) in [5.41, 5.74) is 5.50. The molecule has 1 aromatic heterocycles. The predicted molar refractivity (Wildman–Crippen MR) is 63.4 cm³/mol. The molecule has 1 amide bonds. The summed E-state index contributed by atoms with van der Waals surface area (Å²) in [7, 11) is 0. The van der Waals surface area contributed by atoms with Gasteiger partial charge in [0.15, 0.2) is 6.61 Å². The third kappa shape index (κ3) is 3.40. The molecule has 1 saturated carbocycles. The molecule has 3 N–H and O–H groups in total. The van der Waals surface area contributed by atoms with Gasteiger partial charge in [-0.25, -0.2) is 9.37 Å². The van der Waals surface area contributed by atoms with Crippen LogP contribution in [0.25, 0.3) is 0 Å². The minimum absolute atomic E-state index is 0.109. The van der Waals surface area contributed by atoms with Gasteiger partial charge in [-0.15, -0.1) is 0 Å². The van der Waals surface area contributed by atoms with Crippen molar-refractivity contribution in [1.82, 2.24) is 10.3 Å². The minimum Gasteiger partial charge on any atom is -0.468 e. The van der Waals surface area contributed by atoms with Crippen LogP contribution in [0.1, 0.15) is 12.8 Å². The lowest BCUT2D eigenvalue weighted by Gasteiger charge is -2.34. The number of hydrogen-bond donors (Lipinski definition) is 2. The van der Waals surface area contributed by atoms with Gasteiger partial charge >= 0.3 is 0 Å². The Hall–Kier alpha value is -1.69. The summed E-state index contributed by atoms with van der Waals surface area (Å²) in [5, 5.41) is 2.84. The second-order valence-corrected chi connectivity index (χ2v) is 4.44. The van der Waals surface area contributed by atoms with Crippen molar-refractivity contribution in [3.63, 3.8) is 0 Å². The van der Waals surface area contributed by atoms with E-state index in [-0.39, 0.29) is 24.4 Å². The molecule has 18 heavy (non-hydrogen) atoms. The van der Waals surface area contributed by atoms with Crippen LogP contribution in [0.2, 0.25) is 0 Å². The molecule has 1 aromatic rings. The number of halogens is 1. The number of rotatable bonds is 5. The van der Waals surface area contributed by atoms with Crippen molar-refractivity contribution < 1.29 is 13.9 Å². The highest BCUT2D eigenvalue weighted by molar-refractivity contribution is 5.77. The van der Waals surface area contributed by atoms with E-state index in [0.29, 0.717) is 12.5 Å². The fraction of sp³-hybridized carbons (Fsp3) is 0.500. The monoisotopic (exact) mass is 253 g/mol. The minimum atomic E-state index is -0.436. The summed E-state index contributed by atoms with van der Waals surface area (Å²) in [6.07, 6.45) is 2.90. The Morgan fingerprint density at radius 3 is 2.94 bits per heavy atom. The normalized spacial score (nSPS) is 22.1. The van der Waals surface area contributed by atoms with Crippen molar-refractivity contribution in [2.75, 3.05) is 13.2 Å². The summed E-state index contributed by atoms with van der Waals surface area (Å²) in [5.74, 6) is 0.130. The van der Waals surface area contributed by atoms with Crippen LogP contribution in [0.5, 0.6) is 5.88 Å². The van der Waals surface area contributed by atoms with E-state index in [0.717, 1.165) is 19.0 Å². The lowest BCUT2D eigenvalue weighted by molar-refractivity contribution is -0.124. The van der Waals surface area contributed by atoms with Gasteiger partial charge in [0.05, 0.1) is 6.20 Å². The van der Waals surface area contributed by atoms with Gasteiger partial charge < -0.3 is 15.8 Å². The van der Waals surface area contributed by atoms with E-state index in [1.54, 1.807) is 0 Å². The van der Waals surface area contributed by atoms with Crippen LogP contribution in [0.4, 0.5) is 4.39 Å². The molecule has 1 heterocycles.